The third-order valence-corrected chi connectivity index (χ3v) is 4.48. The summed E-state index contributed by atoms with van der Waals surface area (Å²) in [6.45, 7) is 6.99. The molecule has 1 aromatic rings. The van der Waals surface area contributed by atoms with Crippen LogP contribution in [0.3, 0.4) is 0 Å². The summed E-state index contributed by atoms with van der Waals surface area (Å²) in [6.07, 6.45) is 1.03. The lowest BCUT2D eigenvalue weighted by Gasteiger charge is -2.34. The number of nitrogens with zero attached hydrogens (tertiary/aromatic N) is 1. The van der Waals surface area contributed by atoms with Gasteiger partial charge in [0.05, 0.1) is 0 Å². The van der Waals surface area contributed by atoms with Crippen molar-refractivity contribution in [2.45, 2.75) is 32.2 Å². The van der Waals surface area contributed by atoms with Gasteiger partial charge >= 0.3 is 0 Å². The molecular weight excluding hydrogens is 236 g/mol. The zero-order chi connectivity index (χ0) is 13.4. The Labute approximate surface area is 115 Å². The third-order valence-electron chi connectivity index (χ3n) is 4.48. The number of carbonyl (C=O) groups is 1. The van der Waals surface area contributed by atoms with Gasteiger partial charge in [-0.05, 0) is 37.3 Å². The standard InChI is InChI=1S/C16H22N2O/c1-11-5-3-4-6-13(11)14-9-15(14)16(19)18-8-7-17-10-12(18)2/h3-6,12,14-15,17H,7-10H2,1-2H3/t12-,14+,15-/m1/s1. The average molecular weight is 258 g/mol. The highest BCUT2D eigenvalue weighted by Crippen LogP contribution is 2.49. The maximum atomic E-state index is 12.6. The van der Waals surface area contributed by atoms with E-state index in [0.717, 1.165) is 26.1 Å². The van der Waals surface area contributed by atoms with Crippen LogP contribution in [-0.2, 0) is 4.79 Å². The minimum Gasteiger partial charge on any atom is -0.337 e. The number of nitrogens with one attached hydrogen (secondary N) is 1. The van der Waals surface area contributed by atoms with Crippen LogP contribution in [0, 0.1) is 12.8 Å². The zero-order valence-electron chi connectivity index (χ0n) is 11.7. The van der Waals surface area contributed by atoms with Crippen LogP contribution in [0.2, 0.25) is 0 Å². The Morgan fingerprint density at radius 3 is 2.89 bits per heavy atom. The van der Waals surface area contributed by atoms with E-state index >= 15 is 0 Å². The van der Waals surface area contributed by atoms with Crippen molar-refractivity contribution in [2.75, 3.05) is 19.6 Å². The fourth-order valence-electron chi connectivity index (χ4n) is 3.20. The average Bonchev–Trinajstić information content (AvgIpc) is 3.19. The zero-order valence-corrected chi connectivity index (χ0v) is 11.7. The lowest BCUT2D eigenvalue weighted by atomic mass is 10.0. The number of benzene rings is 1. The third kappa shape index (κ3) is 2.39. The summed E-state index contributed by atoms with van der Waals surface area (Å²) < 4.78 is 0. The van der Waals surface area contributed by atoms with E-state index in [4.69, 9.17) is 0 Å². The van der Waals surface area contributed by atoms with E-state index in [9.17, 15) is 4.79 Å². The lowest BCUT2D eigenvalue weighted by Crippen LogP contribution is -2.52. The lowest BCUT2D eigenvalue weighted by molar-refractivity contribution is -0.135. The number of amides is 1. The molecule has 1 heterocycles. The van der Waals surface area contributed by atoms with Crippen molar-refractivity contribution < 1.29 is 4.79 Å². The molecule has 1 aliphatic heterocycles. The molecule has 3 rings (SSSR count). The number of hydrogen-bond acceptors (Lipinski definition) is 2. The van der Waals surface area contributed by atoms with Crippen molar-refractivity contribution >= 4 is 5.91 Å². The molecule has 0 aromatic heterocycles. The maximum absolute atomic E-state index is 12.6. The summed E-state index contributed by atoms with van der Waals surface area (Å²) >= 11 is 0. The second kappa shape index (κ2) is 4.97. The Kier molecular flexibility index (Phi) is 3.31. The highest BCUT2D eigenvalue weighted by molar-refractivity contribution is 5.83. The first kappa shape index (κ1) is 12.7. The predicted molar refractivity (Wildman–Crippen MR) is 76.1 cm³/mol. The van der Waals surface area contributed by atoms with E-state index in [2.05, 4.69) is 48.3 Å². The van der Waals surface area contributed by atoms with Gasteiger partial charge in [0.25, 0.3) is 0 Å². The summed E-state index contributed by atoms with van der Waals surface area (Å²) in [6, 6.07) is 8.79. The Morgan fingerprint density at radius 2 is 2.16 bits per heavy atom. The molecule has 0 radical (unpaired) electrons. The van der Waals surface area contributed by atoms with E-state index in [0.29, 0.717) is 17.9 Å². The molecule has 1 N–H and O–H groups in total. The van der Waals surface area contributed by atoms with Crippen molar-refractivity contribution in [2.24, 2.45) is 5.92 Å². The molecule has 0 bridgehead atoms. The van der Waals surface area contributed by atoms with Crippen LogP contribution in [0.4, 0.5) is 0 Å². The highest BCUT2D eigenvalue weighted by Gasteiger charge is 2.47. The first-order valence-electron chi connectivity index (χ1n) is 7.25. The van der Waals surface area contributed by atoms with Gasteiger partial charge in [-0.3, -0.25) is 4.79 Å². The van der Waals surface area contributed by atoms with E-state index in [-0.39, 0.29) is 5.92 Å². The quantitative estimate of drug-likeness (QED) is 0.879. The van der Waals surface area contributed by atoms with E-state index in [1.165, 1.54) is 11.1 Å². The van der Waals surface area contributed by atoms with Gasteiger partial charge < -0.3 is 10.2 Å². The van der Waals surface area contributed by atoms with Crippen molar-refractivity contribution in [3.8, 4) is 0 Å². The van der Waals surface area contributed by atoms with Crippen LogP contribution >= 0.6 is 0 Å². The summed E-state index contributed by atoms with van der Waals surface area (Å²) in [4.78, 5) is 14.6. The van der Waals surface area contributed by atoms with Crippen LogP contribution in [-0.4, -0.2) is 36.5 Å². The van der Waals surface area contributed by atoms with Crippen LogP contribution in [0.25, 0.3) is 0 Å². The summed E-state index contributed by atoms with van der Waals surface area (Å²) in [5.74, 6) is 1.04. The van der Waals surface area contributed by atoms with Gasteiger partial charge in [0, 0.05) is 31.6 Å². The molecule has 2 fully saturated rings. The molecule has 0 spiro atoms. The SMILES string of the molecule is Cc1ccccc1[C@@H]1C[C@H]1C(=O)N1CCNC[C@H]1C. The molecule has 1 aliphatic carbocycles. The van der Waals surface area contributed by atoms with Crippen molar-refractivity contribution in [3.63, 3.8) is 0 Å². The van der Waals surface area contributed by atoms with E-state index in [1.54, 1.807) is 0 Å². The van der Waals surface area contributed by atoms with E-state index < -0.39 is 0 Å². The van der Waals surface area contributed by atoms with Crippen molar-refractivity contribution in [1.29, 1.82) is 0 Å². The van der Waals surface area contributed by atoms with Gasteiger partial charge in [-0.1, -0.05) is 24.3 Å². The minimum atomic E-state index is 0.224. The normalized spacial score (nSPS) is 30.2. The number of aryl methyl sites for hydroxylation is 1. The Balaban J connectivity index is 1.69. The molecule has 2 aliphatic rings. The second-order valence-corrected chi connectivity index (χ2v) is 5.89. The van der Waals surface area contributed by atoms with Gasteiger partial charge in [-0.25, -0.2) is 0 Å². The largest absolute Gasteiger partial charge is 0.337 e. The number of piperazine rings is 1. The Morgan fingerprint density at radius 1 is 1.37 bits per heavy atom. The molecule has 1 saturated heterocycles. The van der Waals surface area contributed by atoms with Gasteiger partial charge in [0.1, 0.15) is 0 Å². The first-order chi connectivity index (χ1) is 9.18. The fourth-order valence-corrected chi connectivity index (χ4v) is 3.20. The Hall–Kier alpha value is -1.35. The van der Waals surface area contributed by atoms with Crippen molar-refractivity contribution in [1.82, 2.24) is 10.2 Å². The molecule has 19 heavy (non-hydrogen) atoms. The van der Waals surface area contributed by atoms with Gasteiger partial charge in [-0.2, -0.15) is 0 Å². The molecular formula is C16H22N2O. The van der Waals surface area contributed by atoms with Crippen LogP contribution < -0.4 is 5.32 Å². The minimum absolute atomic E-state index is 0.224. The number of hydrogen-bond donors (Lipinski definition) is 1. The predicted octanol–water partition coefficient (Wildman–Crippen LogP) is 1.92. The van der Waals surface area contributed by atoms with Crippen molar-refractivity contribution in [3.05, 3.63) is 35.4 Å². The van der Waals surface area contributed by atoms with Crippen LogP contribution in [0.15, 0.2) is 24.3 Å². The van der Waals surface area contributed by atoms with Crippen LogP contribution in [0.5, 0.6) is 0 Å². The molecule has 3 atom stereocenters. The van der Waals surface area contributed by atoms with Gasteiger partial charge in [0.2, 0.25) is 5.91 Å². The molecule has 3 heteroatoms. The molecule has 1 amide bonds. The monoisotopic (exact) mass is 258 g/mol. The molecule has 1 saturated carbocycles. The summed E-state index contributed by atoms with van der Waals surface area (Å²) in [5.41, 5.74) is 2.68. The van der Waals surface area contributed by atoms with Gasteiger partial charge in [-0.15, -0.1) is 0 Å². The smallest absolute Gasteiger partial charge is 0.226 e. The van der Waals surface area contributed by atoms with Crippen LogP contribution in [0.1, 0.15) is 30.4 Å². The molecule has 102 valence electrons. The Bertz CT molecular complexity index is 485. The number of carbonyl (C=O) groups excluding carboxylic acids is 1. The van der Waals surface area contributed by atoms with E-state index in [1.807, 2.05) is 0 Å². The summed E-state index contributed by atoms with van der Waals surface area (Å²) in [5, 5.41) is 3.34. The topological polar surface area (TPSA) is 32.3 Å². The second-order valence-electron chi connectivity index (χ2n) is 5.89. The molecule has 3 nitrogen and oxygen atoms in total. The fraction of sp³-hybridized carbons (Fsp3) is 0.562. The van der Waals surface area contributed by atoms with Gasteiger partial charge in [0.15, 0.2) is 0 Å². The molecule has 0 unspecified atom stereocenters. The number of rotatable bonds is 2. The maximum Gasteiger partial charge on any atom is 0.226 e. The summed E-state index contributed by atoms with van der Waals surface area (Å²) in [7, 11) is 0. The molecule has 1 aromatic carbocycles. The first-order valence-corrected chi connectivity index (χ1v) is 7.25. The highest BCUT2D eigenvalue weighted by atomic mass is 16.2.